The SMILES string of the molecule is CC(C)CN(c1ccc(F)cc1)[C@H]1CC[C@H](N(C)c2cc(=O)n(C)c3ccc(C#N)nc23)CC1. The normalized spacial score (nSPS) is 18.1. The fourth-order valence-electron chi connectivity index (χ4n) is 5.09. The van der Waals surface area contributed by atoms with E-state index in [1.165, 1.54) is 12.1 Å². The van der Waals surface area contributed by atoms with Crippen LogP contribution >= 0.6 is 0 Å². The van der Waals surface area contributed by atoms with Crippen LogP contribution in [0.4, 0.5) is 15.8 Å². The number of aromatic nitrogens is 2. The van der Waals surface area contributed by atoms with E-state index in [4.69, 9.17) is 0 Å². The van der Waals surface area contributed by atoms with Gasteiger partial charge in [-0.25, -0.2) is 9.37 Å². The van der Waals surface area contributed by atoms with Crippen molar-refractivity contribution in [2.75, 3.05) is 23.4 Å². The molecule has 0 bridgehead atoms. The lowest BCUT2D eigenvalue weighted by molar-refractivity contribution is 0.360. The molecule has 0 spiro atoms. The van der Waals surface area contributed by atoms with Crippen molar-refractivity contribution in [2.45, 2.75) is 51.6 Å². The number of nitrogens with zero attached hydrogens (tertiary/aromatic N) is 5. The van der Waals surface area contributed by atoms with Crippen molar-refractivity contribution in [2.24, 2.45) is 13.0 Å². The Hall–Kier alpha value is -3.40. The van der Waals surface area contributed by atoms with Gasteiger partial charge in [0.15, 0.2) is 0 Å². The van der Waals surface area contributed by atoms with Crippen LogP contribution in [-0.2, 0) is 7.05 Å². The van der Waals surface area contributed by atoms with Crippen LogP contribution in [0.1, 0.15) is 45.2 Å². The Balaban J connectivity index is 1.56. The minimum atomic E-state index is -0.215. The minimum absolute atomic E-state index is 0.0889. The number of halogens is 1. The predicted octanol–water partition coefficient (Wildman–Crippen LogP) is 4.85. The summed E-state index contributed by atoms with van der Waals surface area (Å²) >= 11 is 0. The summed E-state index contributed by atoms with van der Waals surface area (Å²) in [6.07, 6.45) is 3.98. The quantitative estimate of drug-likeness (QED) is 0.525. The maximum Gasteiger partial charge on any atom is 0.252 e. The Labute approximate surface area is 200 Å². The van der Waals surface area contributed by atoms with Gasteiger partial charge in [-0.1, -0.05) is 13.8 Å². The molecule has 3 aromatic rings. The van der Waals surface area contributed by atoms with Crippen molar-refractivity contribution in [3.63, 3.8) is 0 Å². The van der Waals surface area contributed by atoms with Crippen LogP contribution in [0.5, 0.6) is 0 Å². The first kappa shape index (κ1) is 23.7. The molecule has 0 atom stereocenters. The van der Waals surface area contributed by atoms with E-state index in [-0.39, 0.29) is 17.4 Å². The molecule has 0 radical (unpaired) electrons. The molecule has 0 aliphatic heterocycles. The van der Waals surface area contributed by atoms with Gasteiger partial charge in [-0.2, -0.15) is 5.26 Å². The van der Waals surface area contributed by atoms with Gasteiger partial charge in [-0.3, -0.25) is 4.79 Å². The molecule has 34 heavy (non-hydrogen) atoms. The molecular formula is C27H32FN5O. The first-order chi connectivity index (χ1) is 16.3. The van der Waals surface area contributed by atoms with Crippen LogP contribution in [0, 0.1) is 23.1 Å². The molecule has 0 amide bonds. The van der Waals surface area contributed by atoms with E-state index >= 15 is 0 Å². The molecule has 0 saturated heterocycles. The van der Waals surface area contributed by atoms with Crippen molar-refractivity contribution < 1.29 is 4.39 Å². The monoisotopic (exact) mass is 461 g/mol. The summed E-state index contributed by atoms with van der Waals surface area (Å²) in [5.41, 5.74) is 3.50. The highest BCUT2D eigenvalue weighted by Crippen LogP contribution is 2.33. The number of pyridine rings is 2. The summed E-state index contributed by atoms with van der Waals surface area (Å²) in [6.45, 7) is 5.34. The zero-order valence-corrected chi connectivity index (χ0v) is 20.3. The first-order valence-electron chi connectivity index (χ1n) is 11.9. The van der Waals surface area contributed by atoms with E-state index in [0.29, 0.717) is 23.2 Å². The van der Waals surface area contributed by atoms with Gasteiger partial charge in [-0.15, -0.1) is 0 Å². The van der Waals surface area contributed by atoms with Crippen LogP contribution in [0.15, 0.2) is 47.3 Å². The second-order valence-electron chi connectivity index (χ2n) is 9.70. The fraction of sp³-hybridized carbons (Fsp3) is 0.444. The van der Waals surface area contributed by atoms with Crippen LogP contribution < -0.4 is 15.4 Å². The minimum Gasteiger partial charge on any atom is -0.370 e. The number of aryl methyl sites for hydroxylation is 1. The molecule has 1 saturated carbocycles. The van der Waals surface area contributed by atoms with Gasteiger partial charge in [0.1, 0.15) is 23.1 Å². The lowest BCUT2D eigenvalue weighted by Crippen LogP contribution is -2.44. The maximum atomic E-state index is 13.5. The smallest absolute Gasteiger partial charge is 0.252 e. The summed E-state index contributed by atoms with van der Waals surface area (Å²) in [5, 5.41) is 9.33. The topological polar surface area (TPSA) is 65.2 Å². The average molecular weight is 462 g/mol. The van der Waals surface area contributed by atoms with E-state index in [0.717, 1.165) is 49.1 Å². The number of hydrogen-bond donors (Lipinski definition) is 0. The Morgan fingerprint density at radius 2 is 1.76 bits per heavy atom. The van der Waals surface area contributed by atoms with E-state index < -0.39 is 0 Å². The summed E-state index contributed by atoms with van der Waals surface area (Å²) < 4.78 is 15.1. The van der Waals surface area contributed by atoms with E-state index in [2.05, 4.69) is 34.7 Å². The molecular weight excluding hydrogens is 429 g/mol. The van der Waals surface area contributed by atoms with Crippen LogP contribution in [0.3, 0.4) is 0 Å². The highest BCUT2D eigenvalue weighted by Gasteiger charge is 2.29. The van der Waals surface area contributed by atoms with Crippen molar-refractivity contribution in [1.82, 2.24) is 9.55 Å². The average Bonchev–Trinajstić information content (AvgIpc) is 2.84. The van der Waals surface area contributed by atoms with Gasteiger partial charge in [0.05, 0.1) is 11.2 Å². The second kappa shape index (κ2) is 9.84. The predicted molar refractivity (Wildman–Crippen MR) is 135 cm³/mol. The van der Waals surface area contributed by atoms with E-state index in [1.54, 1.807) is 29.8 Å². The molecule has 2 heterocycles. The van der Waals surface area contributed by atoms with Crippen LogP contribution in [0.2, 0.25) is 0 Å². The van der Waals surface area contributed by atoms with Gasteiger partial charge in [0, 0.05) is 44.5 Å². The highest BCUT2D eigenvalue weighted by molar-refractivity contribution is 5.88. The third-order valence-corrected chi connectivity index (χ3v) is 6.94. The largest absolute Gasteiger partial charge is 0.370 e. The number of benzene rings is 1. The third-order valence-electron chi connectivity index (χ3n) is 6.94. The number of anilines is 2. The lowest BCUT2D eigenvalue weighted by Gasteiger charge is -2.42. The number of rotatable bonds is 6. The third kappa shape index (κ3) is 4.77. The van der Waals surface area contributed by atoms with Gasteiger partial charge in [-0.05, 0) is 68.0 Å². The number of nitriles is 1. The summed E-state index contributed by atoms with van der Waals surface area (Å²) in [6, 6.07) is 14.7. The molecule has 0 unspecified atom stereocenters. The number of hydrogen-bond acceptors (Lipinski definition) is 5. The molecule has 1 aromatic carbocycles. The molecule has 7 heteroatoms. The second-order valence-corrected chi connectivity index (χ2v) is 9.70. The molecule has 1 fully saturated rings. The van der Waals surface area contributed by atoms with Crippen molar-refractivity contribution >= 4 is 22.4 Å². The summed E-state index contributed by atoms with van der Waals surface area (Å²) in [7, 11) is 3.75. The molecule has 0 N–H and O–H groups in total. The van der Waals surface area contributed by atoms with Crippen LogP contribution in [0.25, 0.3) is 11.0 Å². The molecule has 6 nitrogen and oxygen atoms in total. The van der Waals surface area contributed by atoms with Gasteiger partial charge >= 0.3 is 0 Å². The van der Waals surface area contributed by atoms with Gasteiger partial charge in [0.25, 0.3) is 5.56 Å². The maximum absolute atomic E-state index is 13.5. The summed E-state index contributed by atoms with van der Waals surface area (Å²) in [4.78, 5) is 21.8. The summed E-state index contributed by atoms with van der Waals surface area (Å²) in [5.74, 6) is 0.283. The Morgan fingerprint density at radius 3 is 2.38 bits per heavy atom. The van der Waals surface area contributed by atoms with Gasteiger partial charge < -0.3 is 14.4 Å². The lowest BCUT2D eigenvalue weighted by atomic mass is 9.88. The van der Waals surface area contributed by atoms with E-state index in [9.17, 15) is 14.4 Å². The standard InChI is InChI=1S/C27H32FN5O/c1-18(2)17-33(22-8-5-19(28)6-9-22)23-12-10-21(11-13-23)31(3)25-15-26(34)32(4)24-14-7-20(16-29)30-27(24)25/h5-9,14-15,18,21,23H,10-13,17H2,1-4H3/t21-,23-. The van der Waals surface area contributed by atoms with E-state index in [1.807, 2.05) is 19.2 Å². The highest BCUT2D eigenvalue weighted by atomic mass is 19.1. The van der Waals surface area contributed by atoms with Crippen molar-refractivity contribution in [3.05, 3.63) is 64.3 Å². The van der Waals surface area contributed by atoms with Crippen molar-refractivity contribution in [3.8, 4) is 6.07 Å². The molecule has 178 valence electrons. The fourth-order valence-corrected chi connectivity index (χ4v) is 5.09. The van der Waals surface area contributed by atoms with Crippen LogP contribution in [-0.4, -0.2) is 35.2 Å². The van der Waals surface area contributed by atoms with Crippen molar-refractivity contribution in [1.29, 1.82) is 5.26 Å². The first-order valence-corrected chi connectivity index (χ1v) is 11.9. The molecule has 1 aliphatic rings. The Bertz CT molecular complexity index is 1250. The Morgan fingerprint density at radius 1 is 1.12 bits per heavy atom. The zero-order valence-electron chi connectivity index (χ0n) is 20.3. The molecule has 1 aliphatic carbocycles. The zero-order chi connectivity index (χ0) is 24.4. The molecule has 2 aromatic heterocycles. The molecule has 4 rings (SSSR count). The van der Waals surface area contributed by atoms with Gasteiger partial charge in [0.2, 0.25) is 0 Å². The Kier molecular flexibility index (Phi) is 6.87. The number of fused-ring (bicyclic) bond motifs is 1.